The first kappa shape index (κ1) is 17.0. The predicted octanol–water partition coefficient (Wildman–Crippen LogP) is 2.82. The van der Waals surface area contributed by atoms with Crippen LogP contribution in [-0.2, 0) is 13.0 Å². The molecule has 0 radical (unpaired) electrons. The summed E-state index contributed by atoms with van der Waals surface area (Å²) in [6.45, 7) is 5.79. The van der Waals surface area contributed by atoms with Crippen LogP contribution in [0.25, 0.3) is 11.2 Å². The summed E-state index contributed by atoms with van der Waals surface area (Å²) in [5, 5.41) is 2.95. The highest BCUT2D eigenvalue weighted by Gasteiger charge is 2.13. The maximum atomic E-state index is 12.4. The molecule has 0 aliphatic heterocycles. The second kappa shape index (κ2) is 7.79. The van der Waals surface area contributed by atoms with E-state index in [1.807, 2.05) is 31.2 Å². The number of nitrogens with zero attached hydrogens (tertiary/aromatic N) is 3. The molecule has 0 atom stereocenters. The number of ether oxygens (including phenoxy) is 1. The Bertz CT molecular complexity index is 873. The number of fused-ring (bicyclic) bond motifs is 1. The van der Waals surface area contributed by atoms with Crippen LogP contribution < -0.4 is 10.1 Å². The molecule has 1 amide bonds. The van der Waals surface area contributed by atoms with Crippen molar-refractivity contribution in [2.24, 2.45) is 0 Å². The largest absolute Gasteiger partial charge is 0.493 e. The number of carbonyl (C=O) groups is 1. The van der Waals surface area contributed by atoms with Crippen LogP contribution >= 0.6 is 0 Å². The van der Waals surface area contributed by atoms with Gasteiger partial charge in [0.1, 0.15) is 17.1 Å². The molecule has 2 aromatic heterocycles. The summed E-state index contributed by atoms with van der Waals surface area (Å²) < 4.78 is 7.59. The molecule has 0 spiro atoms. The van der Waals surface area contributed by atoms with Crippen LogP contribution in [0.1, 0.15) is 30.0 Å². The highest BCUT2D eigenvalue weighted by atomic mass is 16.5. The minimum Gasteiger partial charge on any atom is -0.493 e. The first-order valence-electron chi connectivity index (χ1n) is 8.54. The molecule has 25 heavy (non-hydrogen) atoms. The monoisotopic (exact) mass is 338 g/mol. The fraction of sp³-hybridized carbons (Fsp3) is 0.316. The van der Waals surface area contributed by atoms with Crippen LogP contribution in [0.3, 0.4) is 0 Å². The first-order valence-corrected chi connectivity index (χ1v) is 8.54. The quantitative estimate of drug-likeness (QED) is 0.719. The molecule has 0 aliphatic rings. The lowest BCUT2D eigenvalue weighted by Gasteiger charge is -2.10. The van der Waals surface area contributed by atoms with E-state index < -0.39 is 0 Å². The molecule has 1 aromatic carbocycles. The maximum Gasteiger partial charge on any atom is 0.255 e. The molecule has 0 bridgehead atoms. The summed E-state index contributed by atoms with van der Waals surface area (Å²) in [5.41, 5.74) is 2.32. The number of aryl methyl sites for hydroxylation is 1. The summed E-state index contributed by atoms with van der Waals surface area (Å²) in [6.07, 6.45) is 2.42. The molecule has 6 nitrogen and oxygen atoms in total. The van der Waals surface area contributed by atoms with Crippen LogP contribution in [0.4, 0.5) is 0 Å². The fourth-order valence-electron chi connectivity index (χ4n) is 2.85. The number of pyridine rings is 1. The van der Waals surface area contributed by atoms with Gasteiger partial charge in [-0.25, -0.2) is 9.97 Å². The van der Waals surface area contributed by atoms with Crippen molar-refractivity contribution in [3.63, 3.8) is 0 Å². The molecule has 2 heterocycles. The van der Waals surface area contributed by atoms with Gasteiger partial charge in [0.25, 0.3) is 5.91 Å². The van der Waals surface area contributed by atoms with Gasteiger partial charge in [-0.1, -0.05) is 12.1 Å². The Balaban J connectivity index is 1.68. The first-order chi connectivity index (χ1) is 12.2. The molecule has 130 valence electrons. The number of aromatic nitrogens is 3. The van der Waals surface area contributed by atoms with Gasteiger partial charge >= 0.3 is 0 Å². The number of benzene rings is 1. The van der Waals surface area contributed by atoms with Gasteiger partial charge in [-0.2, -0.15) is 0 Å². The molecule has 0 aliphatic carbocycles. The topological polar surface area (TPSA) is 69.0 Å². The van der Waals surface area contributed by atoms with Crippen LogP contribution in [0.2, 0.25) is 0 Å². The van der Waals surface area contributed by atoms with Crippen molar-refractivity contribution < 1.29 is 9.53 Å². The van der Waals surface area contributed by atoms with Crippen LogP contribution in [0, 0.1) is 0 Å². The molecule has 0 fully saturated rings. The van der Waals surface area contributed by atoms with E-state index in [2.05, 4.69) is 26.8 Å². The molecule has 0 saturated heterocycles. The van der Waals surface area contributed by atoms with Crippen LogP contribution in [0.5, 0.6) is 5.75 Å². The van der Waals surface area contributed by atoms with E-state index in [-0.39, 0.29) is 5.91 Å². The van der Waals surface area contributed by atoms with E-state index in [9.17, 15) is 4.79 Å². The van der Waals surface area contributed by atoms with Crippen molar-refractivity contribution >= 4 is 17.1 Å². The SMILES string of the molecule is CCOc1ccccc1C(=O)NCCc1nc2cccnc2n1CC. The third-order valence-corrected chi connectivity index (χ3v) is 3.96. The Labute approximate surface area is 146 Å². The van der Waals surface area contributed by atoms with Crippen molar-refractivity contribution in [3.8, 4) is 5.75 Å². The summed E-state index contributed by atoms with van der Waals surface area (Å²) in [6, 6.07) is 11.1. The second-order valence-corrected chi connectivity index (χ2v) is 5.55. The molecule has 0 unspecified atom stereocenters. The average Bonchev–Trinajstić information content (AvgIpc) is 2.99. The van der Waals surface area contributed by atoms with E-state index in [4.69, 9.17) is 4.74 Å². The Kier molecular flexibility index (Phi) is 5.28. The Morgan fingerprint density at radius 1 is 1.20 bits per heavy atom. The summed E-state index contributed by atoms with van der Waals surface area (Å²) in [4.78, 5) is 21.4. The molecule has 3 rings (SSSR count). The third-order valence-electron chi connectivity index (χ3n) is 3.96. The third kappa shape index (κ3) is 3.63. The van der Waals surface area contributed by atoms with Crippen molar-refractivity contribution in [2.75, 3.05) is 13.2 Å². The molecular weight excluding hydrogens is 316 g/mol. The fourth-order valence-corrected chi connectivity index (χ4v) is 2.85. The molecule has 6 heteroatoms. The van der Waals surface area contributed by atoms with Gasteiger partial charge < -0.3 is 14.6 Å². The Hall–Kier alpha value is -2.89. The maximum absolute atomic E-state index is 12.4. The van der Waals surface area contributed by atoms with E-state index in [0.717, 1.165) is 23.5 Å². The van der Waals surface area contributed by atoms with E-state index in [1.165, 1.54) is 0 Å². The van der Waals surface area contributed by atoms with Crippen molar-refractivity contribution in [2.45, 2.75) is 26.8 Å². The van der Waals surface area contributed by atoms with Crippen molar-refractivity contribution in [3.05, 3.63) is 54.0 Å². The smallest absolute Gasteiger partial charge is 0.255 e. The summed E-state index contributed by atoms with van der Waals surface area (Å²) in [5.74, 6) is 1.39. The average molecular weight is 338 g/mol. The van der Waals surface area contributed by atoms with Gasteiger partial charge in [-0.3, -0.25) is 4.79 Å². The van der Waals surface area contributed by atoms with Crippen LogP contribution in [-0.4, -0.2) is 33.6 Å². The lowest BCUT2D eigenvalue weighted by Crippen LogP contribution is -2.27. The summed E-state index contributed by atoms with van der Waals surface area (Å²) >= 11 is 0. The number of hydrogen-bond acceptors (Lipinski definition) is 4. The number of para-hydroxylation sites is 1. The summed E-state index contributed by atoms with van der Waals surface area (Å²) in [7, 11) is 0. The highest BCUT2D eigenvalue weighted by molar-refractivity contribution is 5.96. The van der Waals surface area contributed by atoms with E-state index >= 15 is 0 Å². The number of imidazole rings is 1. The van der Waals surface area contributed by atoms with Gasteiger partial charge in [-0.15, -0.1) is 0 Å². The molecular formula is C19H22N4O2. The second-order valence-electron chi connectivity index (χ2n) is 5.55. The standard InChI is InChI=1S/C19H22N4O2/c1-3-23-17(22-15-9-7-12-20-18(15)23)11-13-21-19(24)14-8-5-6-10-16(14)25-4-2/h5-10,12H,3-4,11,13H2,1-2H3,(H,21,24). The van der Waals surface area contributed by atoms with E-state index in [0.29, 0.717) is 30.9 Å². The minimum absolute atomic E-state index is 0.138. The lowest BCUT2D eigenvalue weighted by atomic mass is 10.2. The van der Waals surface area contributed by atoms with Gasteiger partial charge in [0.05, 0.1) is 12.2 Å². The molecule has 0 saturated carbocycles. The van der Waals surface area contributed by atoms with Gasteiger partial charge in [0, 0.05) is 25.7 Å². The zero-order chi connectivity index (χ0) is 17.6. The zero-order valence-corrected chi connectivity index (χ0v) is 14.5. The van der Waals surface area contributed by atoms with Gasteiger partial charge in [-0.05, 0) is 38.1 Å². The Morgan fingerprint density at radius 2 is 2.04 bits per heavy atom. The zero-order valence-electron chi connectivity index (χ0n) is 14.5. The number of hydrogen-bond donors (Lipinski definition) is 1. The number of carbonyl (C=O) groups excluding carboxylic acids is 1. The Morgan fingerprint density at radius 3 is 2.84 bits per heavy atom. The molecule has 1 N–H and O–H groups in total. The predicted molar refractivity (Wildman–Crippen MR) is 96.9 cm³/mol. The van der Waals surface area contributed by atoms with Gasteiger partial charge in [0.2, 0.25) is 0 Å². The van der Waals surface area contributed by atoms with Crippen LogP contribution in [0.15, 0.2) is 42.6 Å². The van der Waals surface area contributed by atoms with E-state index in [1.54, 1.807) is 18.3 Å². The van der Waals surface area contributed by atoms with Gasteiger partial charge in [0.15, 0.2) is 5.65 Å². The number of amides is 1. The molecule has 3 aromatic rings. The number of rotatable bonds is 7. The lowest BCUT2D eigenvalue weighted by molar-refractivity contribution is 0.0950. The highest BCUT2D eigenvalue weighted by Crippen LogP contribution is 2.18. The normalized spacial score (nSPS) is 10.8. The minimum atomic E-state index is -0.138. The van der Waals surface area contributed by atoms with Crippen molar-refractivity contribution in [1.29, 1.82) is 0 Å². The van der Waals surface area contributed by atoms with Crippen molar-refractivity contribution in [1.82, 2.24) is 19.9 Å². The number of nitrogens with one attached hydrogen (secondary N) is 1.